The third kappa shape index (κ3) is 3.30. The van der Waals surface area contributed by atoms with E-state index in [1.54, 1.807) is 0 Å². The third-order valence-electron chi connectivity index (χ3n) is 3.20. The van der Waals surface area contributed by atoms with Crippen molar-refractivity contribution < 1.29 is 0 Å². The molecule has 1 aliphatic rings. The summed E-state index contributed by atoms with van der Waals surface area (Å²) in [6, 6.07) is 1.40. The molecule has 0 fully saturated rings. The zero-order valence-corrected chi connectivity index (χ0v) is 10.9. The lowest BCUT2D eigenvalue weighted by atomic mass is 9.89. The van der Waals surface area contributed by atoms with Gasteiger partial charge in [0.15, 0.2) is 0 Å². The van der Waals surface area contributed by atoms with Gasteiger partial charge in [-0.2, -0.15) is 0 Å². The average molecular weight is 196 g/mol. The Kier molecular flexibility index (Phi) is 3.06. The van der Waals surface area contributed by atoms with Gasteiger partial charge in [0.05, 0.1) is 8.07 Å². The Labute approximate surface area is 84.4 Å². The largest absolute Gasteiger partial charge is 0.0912 e. The fraction of sp³-hybridized carbons (Fsp3) is 0.833. The molecule has 0 spiro atoms. The van der Waals surface area contributed by atoms with Gasteiger partial charge in [0.1, 0.15) is 0 Å². The van der Waals surface area contributed by atoms with Crippen molar-refractivity contribution in [2.75, 3.05) is 0 Å². The van der Waals surface area contributed by atoms with Crippen LogP contribution in [0.2, 0.25) is 24.7 Å². The molecular weight excluding hydrogens is 172 g/mol. The zero-order valence-electron chi connectivity index (χ0n) is 9.85. The first-order valence-electron chi connectivity index (χ1n) is 5.46. The summed E-state index contributed by atoms with van der Waals surface area (Å²) in [6.07, 6.45) is 7.56. The molecule has 0 bridgehead atoms. The molecule has 1 rings (SSSR count). The molecule has 0 saturated heterocycles. The summed E-state index contributed by atoms with van der Waals surface area (Å²) in [6.45, 7) is 12.2. The van der Waals surface area contributed by atoms with Crippen molar-refractivity contribution in [2.45, 2.75) is 58.3 Å². The molecule has 1 atom stereocenters. The van der Waals surface area contributed by atoms with Crippen LogP contribution in [0.15, 0.2) is 12.2 Å². The fourth-order valence-corrected chi connectivity index (χ4v) is 5.28. The SMILES string of the molecule is CC(C)(C)CC1CC=CC[Si]1(C)C. The summed E-state index contributed by atoms with van der Waals surface area (Å²) in [5.74, 6) is 0. The highest BCUT2D eigenvalue weighted by molar-refractivity contribution is 6.79. The van der Waals surface area contributed by atoms with Crippen LogP contribution in [-0.2, 0) is 0 Å². The minimum atomic E-state index is -0.917. The minimum Gasteiger partial charge on any atom is -0.0912 e. The third-order valence-corrected chi connectivity index (χ3v) is 7.13. The first kappa shape index (κ1) is 11.0. The molecule has 1 heterocycles. The topological polar surface area (TPSA) is 0 Å². The van der Waals surface area contributed by atoms with E-state index in [1.807, 2.05) is 0 Å². The van der Waals surface area contributed by atoms with Crippen LogP contribution < -0.4 is 0 Å². The Morgan fingerprint density at radius 2 is 1.85 bits per heavy atom. The minimum absolute atomic E-state index is 0.514. The molecule has 0 aromatic heterocycles. The summed E-state index contributed by atoms with van der Waals surface area (Å²) in [7, 11) is -0.917. The van der Waals surface area contributed by atoms with Gasteiger partial charge in [-0.25, -0.2) is 0 Å². The Hall–Kier alpha value is -0.0431. The van der Waals surface area contributed by atoms with Gasteiger partial charge in [0.25, 0.3) is 0 Å². The normalized spacial score (nSPS) is 27.6. The first-order valence-corrected chi connectivity index (χ1v) is 8.75. The summed E-state index contributed by atoms with van der Waals surface area (Å²) in [5, 5.41) is 0. The molecule has 76 valence electrons. The molecule has 13 heavy (non-hydrogen) atoms. The second kappa shape index (κ2) is 3.60. The van der Waals surface area contributed by atoms with Crippen LogP contribution in [0.4, 0.5) is 0 Å². The van der Waals surface area contributed by atoms with Gasteiger partial charge in [-0.1, -0.05) is 46.0 Å². The second-order valence-corrected chi connectivity index (χ2v) is 11.6. The Morgan fingerprint density at radius 1 is 1.23 bits per heavy atom. The molecule has 1 unspecified atom stereocenters. The molecule has 0 saturated carbocycles. The van der Waals surface area contributed by atoms with Crippen molar-refractivity contribution in [3.8, 4) is 0 Å². The standard InChI is InChI=1S/C12H24Si/c1-12(2,3)10-11-8-6-7-9-13(11,4)5/h6-7,11H,8-10H2,1-5H3. The predicted molar refractivity (Wildman–Crippen MR) is 63.9 cm³/mol. The lowest BCUT2D eigenvalue weighted by Gasteiger charge is -2.38. The molecule has 1 aliphatic heterocycles. The van der Waals surface area contributed by atoms with Crippen LogP contribution in [0, 0.1) is 5.41 Å². The van der Waals surface area contributed by atoms with Crippen molar-refractivity contribution in [2.24, 2.45) is 5.41 Å². The van der Waals surface area contributed by atoms with Crippen LogP contribution in [0.25, 0.3) is 0 Å². The monoisotopic (exact) mass is 196 g/mol. The van der Waals surface area contributed by atoms with Gasteiger partial charge >= 0.3 is 0 Å². The molecule has 0 N–H and O–H groups in total. The lowest BCUT2D eigenvalue weighted by Crippen LogP contribution is -2.35. The van der Waals surface area contributed by atoms with E-state index in [4.69, 9.17) is 0 Å². The van der Waals surface area contributed by atoms with Crippen LogP contribution in [-0.4, -0.2) is 8.07 Å². The molecular formula is C12H24Si. The molecule has 1 heteroatoms. The Morgan fingerprint density at radius 3 is 2.31 bits per heavy atom. The highest BCUT2D eigenvalue weighted by Crippen LogP contribution is 2.41. The van der Waals surface area contributed by atoms with Crippen molar-refractivity contribution in [1.29, 1.82) is 0 Å². The van der Waals surface area contributed by atoms with E-state index in [-0.39, 0.29) is 0 Å². The highest BCUT2D eigenvalue weighted by Gasteiger charge is 2.34. The molecule has 0 nitrogen and oxygen atoms in total. The average Bonchev–Trinajstić information content (AvgIpc) is 1.91. The Bertz CT molecular complexity index is 196. The van der Waals surface area contributed by atoms with E-state index in [9.17, 15) is 0 Å². The van der Waals surface area contributed by atoms with Crippen LogP contribution in [0.3, 0.4) is 0 Å². The molecule has 0 aromatic rings. The van der Waals surface area contributed by atoms with Crippen LogP contribution >= 0.6 is 0 Å². The maximum Gasteiger partial charge on any atom is 0.0545 e. The maximum absolute atomic E-state index is 2.55. The fourth-order valence-electron chi connectivity index (χ4n) is 2.23. The van der Waals surface area contributed by atoms with Gasteiger partial charge in [-0.15, -0.1) is 0 Å². The summed E-state index contributed by atoms with van der Waals surface area (Å²) in [5.41, 5.74) is 1.53. The summed E-state index contributed by atoms with van der Waals surface area (Å²) >= 11 is 0. The smallest absolute Gasteiger partial charge is 0.0545 e. The second-order valence-electron chi connectivity index (χ2n) is 6.36. The zero-order chi connectivity index (χ0) is 10.1. The highest BCUT2D eigenvalue weighted by atomic mass is 28.3. The van der Waals surface area contributed by atoms with Gasteiger partial charge in [-0.05, 0) is 29.8 Å². The van der Waals surface area contributed by atoms with E-state index in [1.165, 1.54) is 18.9 Å². The van der Waals surface area contributed by atoms with Gasteiger partial charge in [0, 0.05) is 0 Å². The van der Waals surface area contributed by atoms with Crippen molar-refractivity contribution in [3.05, 3.63) is 12.2 Å². The van der Waals surface area contributed by atoms with Crippen LogP contribution in [0.5, 0.6) is 0 Å². The number of rotatable bonds is 1. The van der Waals surface area contributed by atoms with E-state index in [2.05, 4.69) is 46.0 Å². The molecule has 0 aliphatic carbocycles. The van der Waals surface area contributed by atoms with Gasteiger partial charge in [0.2, 0.25) is 0 Å². The van der Waals surface area contributed by atoms with Crippen molar-refractivity contribution >= 4 is 8.07 Å². The predicted octanol–water partition coefficient (Wildman–Crippen LogP) is 4.46. The van der Waals surface area contributed by atoms with E-state index in [0.717, 1.165) is 5.54 Å². The summed E-state index contributed by atoms with van der Waals surface area (Å²) < 4.78 is 0. The molecule has 0 amide bonds. The van der Waals surface area contributed by atoms with Crippen molar-refractivity contribution in [3.63, 3.8) is 0 Å². The molecule has 0 radical (unpaired) electrons. The first-order chi connectivity index (χ1) is 5.81. The van der Waals surface area contributed by atoms with Crippen LogP contribution in [0.1, 0.15) is 33.6 Å². The number of allylic oxidation sites excluding steroid dienone is 2. The van der Waals surface area contributed by atoms with Crippen molar-refractivity contribution in [1.82, 2.24) is 0 Å². The number of hydrogen-bond donors (Lipinski definition) is 0. The number of hydrogen-bond acceptors (Lipinski definition) is 0. The Balaban J connectivity index is 2.63. The van der Waals surface area contributed by atoms with Gasteiger partial charge < -0.3 is 0 Å². The quantitative estimate of drug-likeness (QED) is 0.429. The van der Waals surface area contributed by atoms with E-state index < -0.39 is 8.07 Å². The van der Waals surface area contributed by atoms with E-state index >= 15 is 0 Å². The maximum atomic E-state index is 2.55. The van der Waals surface area contributed by atoms with Gasteiger partial charge in [-0.3, -0.25) is 0 Å². The molecule has 0 aromatic carbocycles. The lowest BCUT2D eigenvalue weighted by molar-refractivity contribution is 0.361. The summed E-state index contributed by atoms with van der Waals surface area (Å²) in [4.78, 5) is 0. The van der Waals surface area contributed by atoms with E-state index in [0.29, 0.717) is 5.41 Å².